The van der Waals surface area contributed by atoms with Crippen LogP contribution in [0.3, 0.4) is 0 Å². The number of likely N-dealkylation sites (N-methyl/N-ethyl adjacent to an activating group) is 2. The van der Waals surface area contributed by atoms with E-state index in [1.54, 1.807) is 0 Å². The van der Waals surface area contributed by atoms with E-state index in [4.69, 9.17) is 4.74 Å². The van der Waals surface area contributed by atoms with E-state index in [0.29, 0.717) is 6.61 Å². The molecule has 12 heavy (non-hydrogen) atoms. The zero-order valence-corrected chi connectivity index (χ0v) is 8.39. The van der Waals surface area contributed by atoms with E-state index < -0.39 is 0 Å². The minimum atomic E-state index is 0.661. The molecule has 0 fully saturated rings. The lowest BCUT2D eigenvalue weighted by molar-refractivity contribution is 0.135. The first-order chi connectivity index (χ1) is 5.66. The molecule has 0 aliphatic rings. The highest BCUT2D eigenvalue weighted by molar-refractivity contribution is 4.96. The number of nitrogens with zero attached hydrogens (tertiary/aromatic N) is 1. The van der Waals surface area contributed by atoms with Crippen LogP contribution >= 0.6 is 0 Å². The van der Waals surface area contributed by atoms with Gasteiger partial charge in [0, 0.05) is 13.1 Å². The van der Waals surface area contributed by atoms with Gasteiger partial charge in [0.25, 0.3) is 0 Å². The van der Waals surface area contributed by atoms with Crippen LogP contribution < -0.4 is 5.32 Å². The summed E-state index contributed by atoms with van der Waals surface area (Å²) >= 11 is 0. The highest BCUT2D eigenvalue weighted by Gasteiger charge is 1.93. The molecule has 3 heteroatoms. The van der Waals surface area contributed by atoms with E-state index in [9.17, 15) is 0 Å². The lowest BCUT2D eigenvalue weighted by Crippen LogP contribution is -2.20. The minimum absolute atomic E-state index is 0.661. The Kier molecular flexibility index (Phi) is 7.05. The third-order valence-corrected chi connectivity index (χ3v) is 1.42. The van der Waals surface area contributed by atoms with Gasteiger partial charge in [-0.05, 0) is 26.7 Å². The molecular formula is C9H20N2O. The van der Waals surface area contributed by atoms with Crippen LogP contribution in [-0.2, 0) is 4.74 Å². The Hall–Kier alpha value is -0.380. The Balaban J connectivity index is 3.14. The summed E-state index contributed by atoms with van der Waals surface area (Å²) in [7, 11) is 5.97. The molecule has 0 aromatic rings. The van der Waals surface area contributed by atoms with Gasteiger partial charge < -0.3 is 15.0 Å². The maximum absolute atomic E-state index is 5.38. The first-order valence-corrected chi connectivity index (χ1v) is 4.20. The van der Waals surface area contributed by atoms with Gasteiger partial charge in [-0.25, -0.2) is 0 Å². The van der Waals surface area contributed by atoms with Crippen molar-refractivity contribution < 1.29 is 4.74 Å². The second-order valence-corrected chi connectivity index (χ2v) is 3.14. The second kappa shape index (κ2) is 7.28. The Morgan fingerprint density at radius 2 is 2.17 bits per heavy atom. The molecule has 0 atom stereocenters. The van der Waals surface area contributed by atoms with Crippen LogP contribution in [0.25, 0.3) is 0 Å². The van der Waals surface area contributed by atoms with Crippen molar-refractivity contribution in [2.24, 2.45) is 0 Å². The minimum Gasteiger partial charge on any atom is -0.376 e. The van der Waals surface area contributed by atoms with Crippen molar-refractivity contribution in [3.05, 3.63) is 12.2 Å². The highest BCUT2D eigenvalue weighted by atomic mass is 16.5. The predicted molar refractivity (Wildman–Crippen MR) is 52.4 cm³/mol. The van der Waals surface area contributed by atoms with Crippen LogP contribution in [0, 0.1) is 0 Å². The molecule has 0 aromatic carbocycles. The molecule has 0 spiro atoms. The zero-order chi connectivity index (χ0) is 9.40. The van der Waals surface area contributed by atoms with E-state index in [1.165, 1.54) is 0 Å². The molecule has 0 unspecified atom stereocenters. The van der Waals surface area contributed by atoms with E-state index >= 15 is 0 Å². The van der Waals surface area contributed by atoms with Crippen LogP contribution in [0.4, 0.5) is 0 Å². The topological polar surface area (TPSA) is 24.5 Å². The van der Waals surface area contributed by atoms with Gasteiger partial charge in [0.15, 0.2) is 0 Å². The average Bonchev–Trinajstić information content (AvgIpc) is 1.98. The predicted octanol–water partition coefficient (Wildman–Crippen LogP) is 0.340. The summed E-state index contributed by atoms with van der Waals surface area (Å²) < 4.78 is 5.38. The number of hydrogen-bond donors (Lipinski definition) is 1. The monoisotopic (exact) mass is 172 g/mol. The maximum Gasteiger partial charge on any atom is 0.0687 e. The van der Waals surface area contributed by atoms with Crippen LogP contribution in [0.5, 0.6) is 0 Å². The van der Waals surface area contributed by atoms with Gasteiger partial charge in [-0.1, -0.05) is 6.58 Å². The number of ether oxygens (including phenoxy) is 1. The molecule has 0 saturated heterocycles. The maximum atomic E-state index is 5.38. The molecule has 0 rings (SSSR count). The summed E-state index contributed by atoms with van der Waals surface area (Å²) in [5.41, 5.74) is 1.09. The van der Waals surface area contributed by atoms with Crippen molar-refractivity contribution in [3.63, 3.8) is 0 Å². The second-order valence-electron chi connectivity index (χ2n) is 3.14. The number of rotatable bonds is 7. The zero-order valence-electron chi connectivity index (χ0n) is 8.39. The van der Waals surface area contributed by atoms with E-state index in [0.717, 1.165) is 25.3 Å². The van der Waals surface area contributed by atoms with Gasteiger partial charge in [0.2, 0.25) is 0 Å². The van der Waals surface area contributed by atoms with Crippen LogP contribution in [0.15, 0.2) is 12.2 Å². The summed E-state index contributed by atoms with van der Waals surface area (Å²) in [6.07, 6.45) is 0. The Bertz CT molecular complexity index is 124. The van der Waals surface area contributed by atoms with Gasteiger partial charge in [0.1, 0.15) is 0 Å². The Morgan fingerprint density at radius 1 is 1.50 bits per heavy atom. The van der Waals surface area contributed by atoms with Crippen LogP contribution in [0.2, 0.25) is 0 Å². The molecule has 0 heterocycles. The summed E-state index contributed by atoms with van der Waals surface area (Å²) in [6, 6.07) is 0. The first-order valence-electron chi connectivity index (χ1n) is 4.20. The lowest BCUT2D eigenvalue weighted by atomic mass is 10.3. The van der Waals surface area contributed by atoms with Crippen molar-refractivity contribution in [1.82, 2.24) is 10.2 Å². The highest BCUT2D eigenvalue weighted by Crippen LogP contribution is 1.88. The summed E-state index contributed by atoms with van der Waals surface area (Å²) in [4.78, 5) is 2.10. The molecule has 0 aliphatic heterocycles. The number of hydrogen-bond acceptors (Lipinski definition) is 3. The smallest absolute Gasteiger partial charge is 0.0687 e. The van der Waals surface area contributed by atoms with Crippen LogP contribution in [0.1, 0.15) is 0 Å². The van der Waals surface area contributed by atoms with Gasteiger partial charge in [-0.2, -0.15) is 0 Å². The first kappa shape index (κ1) is 11.6. The van der Waals surface area contributed by atoms with Crippen molar-refractivity contribution in [3.8, 4) is 0 Å². The van der Waals surface area contributed by atoms with E-state index in [-0.39, 0.29) is 0 Å². The molecule has 72 valence electrons. The average molecular weight is 172 g/mol. The Labute approximate surface area is 75.4 Å². The van der Waals surface area contributed by atoms with E-state index in [1.807, 2.05) is 21.1 Å². The van der Waals surface area contributed by atoms with Gasteiger partial charge in [0.05, 0.1) is 13.2 Å². The normalized spacial score (nSPS) is 10.7. The van der Waals surface area contributed by atoms with Crippen molar-refractivity contribution in [1.29, 1.82) is 0 Å². The molecule has 0 radical (unpaired) electrons. The molecule has 0 aromatic heterocycles. The largest absolute Gasteiger partial charge is 0.376 e. The summed E-state index contributed by atoms with van der Waals surface area (Å²) in [5.74, 6) is 0. The molecule has 0 amide bonds. The molecular weight excluding hydrogens is 152 g/mol. The quantitative estimate of drug-likeness (QED) is 0.443. The summed E-state index contributed by atoms with van der Waals surface area (Å²) in [6.45, 7) is 7.10. The fourth-order valence-electron chi connectivity index (χ4n) is 0.765. The van der Waals surface area contributed by atoms with Gasteiger partial charge in [-0.3, -0.25) is 0 Å². The molecule has 0 aliphatic carbocycles. The fraction of sp³-hybridized carbons (Fsp3) is 0.778. The number of nitrogens with one attached hydrogen (secondary N) is 1. The SMILES string of the molecule is C=C(CNC)COCCN(C)C. The van der Waals surface area contributed by atoms with Gasteiger partial charge in [-0.15, -0.1) is 0 Å². The molecule has 3 nitrogen and oxygen atoms in total. The third-order valence-electron chi connectivity index (χ3n) is 1.42. The van der Waals surface area contributed by atoms with E-state index in [2.05, 4.69) is 16.8 Å². The third kappa shape index (κ3) is 7.72. The van der Waals surface area contributed by atoms with Crippen molar-refractivity contribution >= 4 is 0 Å². The lowest BCUT2D eigenvalue weighted by Gasteiger charge is -2.10. The molecule has 1 N–H and O–H groups in total. The van der Waals surface area contributed by atoms with Crippen LogP contribution in [-0.4, -0.2) is 52.3 Å². The molecule has 0 saturated carbocycles. The molecule has 0 bridgehead atoms. The van der Waals surface area contributed by atoms with Crippen molar-refractivity contribution in [2.45, 2.75) is 0 Å². The summed E-state index contributed by atoms with van der Waals surface area (Å²) in [5, 5.41) is 3.03. The van der Waals surface area contributed by atoms with Gasteiger partial charge >= 0.3 is 0 Å². The Morgan fingerprint density at radius 3 is 2.67 bits per heavy atom. The van der Waals surface area contributed by atoms with Crippen molar-refractivity contribution in [2.75, 3.05) is 47.4 Å². The standard InChI is InChI=1S/C9H20N2O/c1-9(7-10-2)8-12-6-5-11(3)4/h10H,1,5-8H2,2-4H3. The fourth-order valence-corrected chi connectivity index (χ4v) is 0.765.